The van der Waals surface area contributed by atoms with Crippen LogP contribution < -0.4 is 15.5 Å². The summed E-state index contributed by atoms with van der Waals surface area (Å²) in [4.78, 5) is 21.8. The van der Waals surface area contributed by atoms with Gasteiger partial charge in [0.1, 0.15) is 5.82 Å². The molecule has 1 aliphatic heterocycles. The van der Waals surface area contributed by atoms with Crippen LogP contribution >= 0.6 is 0 Å². The highest BCUT2D eigenvalue weighted by molar-refractivity contribution is 5.74. The van der Waals surface area contributed by atoms with Crippen molar-refractivity contribution in [2.75, 3.05) is 31.1 Å². The molecule has 3 fully saturated rings. The van der Waals surface area contributed by atoms with E-state index in [1.165, 1.54) is 44.9 Å². The number of amides is 2. The van der Waals surface area contributed by atoms with Gasteiger partial charge in [-0.05, 0) is 43.4 Å². The number of piperazine rings is 1. The molecular weight excluding hydrogens is 350 g/mol. The SMILES string of the molecule is O=C(NCc1ccnc(N2CCN(C3CCCC3)CC2)c1)NC1CCCCC1. The summed E-state index contributed by atoms with van der Waals surface area (Å²) in [5.41, 5.74) is 1.11. The van der Waals surface area contributed by atoms with Crippen molar-refractivity contribution in [1.82, 2.24) is 20.5 Å². The van der Waals surface area contributed by atoms with Gasteiger partial charge in [-0.15, -0.1) is 0 Å². The van der Waals surface area contributed by atoms with Crippen LogP contribution in [-0.2, 0) is 6.54 Å². The predicted octanol–water partition coefficient (Wildman–Crippen LogP) is 3.28. The number of nitrogens with one attached hydrogen (secondary N) is 2. The summed E-state index contributed by atoms with van der Waals surface area (Å²) in [6.07, 6.45) is 13.4. The molecule has 2 heterocycles. The average Bonchev–Trinajstić information content (AvgIpc) is 3.28. The van der Waals surface area contributed by atoms with E-state index in [4.69, 9.17) is 0 Å². The lowest BCUT2D eigenvalue weighted by Crippen LogP contribution is -2.50. The Hall–Kier alpha value is -1.82. The summed E-state index contributed by atoms with van der Waals surface area (Å²) in [7, 11) is 0. The van der Waals surface area contributed by atoms with Gasteiger partial charge in [0.2, 0.25) is 0 Å². The largest absolute Gasteiger partial charge is 0.354 e. The summed E-state index contributed by atoms with van der Waals surface area (Å²) in [5, 5.41) is 6.13. The number of anilines is 1. The molecule has 0 aromatic carbocycles. The van der Waals surface area contributed by atoms with E-state index in [0.717, 1.165) is 56.4 Å². The van der Waals surface area contributed by atoms with Gasteiger partial charge < -0.3 is 15.5 Å². The normalized spacial score (nSPS) is 22.4. The van der Waals surface area contributed by atoms with Gasteiger partial charge in [0.15, 0.2) is 0 Å². The van der Waals surface area contributed by atoms with Crippen LogP contribution in [0.2, 0.25) is 0 Å². The first kappa shape index (κ1) is 19.5. The number of nitrogens with zero attached hydrogens (tertiary/aromatic N) is 3. The van der Waals surface area contributed by atoms with Crippen molar-refractivity contribution in [1.29, 1.82) is 0 Å². The molecule has 1 saturated heterocycles. The summed E-state index contributed by atoms with van der Waals surface area (Å²) < 4.78 is 0. The van der Waals surface area contributed by atoms with E-state index in [2.05, 4.69) is 31.5 Å². The molecular formula is C22H35N5O. The zero-order chi connectivity index (χ0) is 19.2. The van der Waals surface area contributed by atoms with Crippen LogP contribution in [-0.4, -0.2) is 54.2 Å². The Labute approximate surface area is 169 Å². The number of pyridine rings is 1. The Morgan fingerprint density at radius 1 is 1.00 bits per heavy atom. The lowest BCUT2D eigenvalue weighted by Gasteiger charge is -2.38. The monoisotopic (exact) mass is 385 g/mol. The van der Waals surface area contributed by atoms with Crippen LogP contribution in [0.4, 0.5) is 10.6 Å². The molecule has 0 radical (unpaired) electrons. The molecule has 2 saturated carbocycles. The van der Waals surface area contributed by atoms with Gasteiger partial charge in [0.05, 0.1) is 0 Å². The van der Waals surface area contributed by atoms with Crippen molar-refractivity contribution in [3.05, 3.63) is 23.9 Å². The smallest absolute Gasteiger partial charge is 0.315 e. The third-order valence-electron chi connectivity index (χ3n) is 6.68. The number of hydrogen-bond acceptors (Lipinski definition) is 4. The molecule has 0 spiro atoms. The molecule has 0 atom stereocenters. The minimum Gasteiger partial charge on any atom is -0.354 e. The Bertz CT molecular complexity index is 632. The van der Waals surface area contributed by atoms with E-state index in [9.17, 15) is 4.79 Å². The van der Waals surface area contributed by atoms with E-state index >= 15 is 0 Å². The topological polar surface area (TPSA) is 60.5 Å². The van der Waals surface area contributed by atoms with Gasteiger partial charge in [0.25, 0.3) is 0 Å². The number of hydrogen-bond donors (Lipinski definition) is 2. The predicted molar refractivity (Wildman–Crippen MR) is 113 cm³/mol. The van der Waals surface area contributed by atoms with E-state index in [0.29, 0.717) is 12.6 Å². The summed E-state index contributed by atoms with van der Waals surface area (Å²) >= 11 is 0. The standard InChI is InChI=1S/C22H35N5O/c28-22(25-19-6-2-1-3-7-19)24-17-18-10-11-23-21(16-18)27-14-12-26(13-15-27)20-8-4-5-9-20/h10-11,16,19-20H,1-9,12-15,17H2,(H2,24,25,28). The van der Waals surface area contributed by atoms with Gasteiger partial charge >= 0.3 is 6.03 Å². The van der Waals surface area contributed by atoms with Crippen LogP contribution in [0.25, 0.3) is 0 Å². The molecule has 0 unspecified atom stereocenters. The quantitative estimate of drug-likeness (QED) is 0.817. The van der Waals surface area contributed by atoms with E-state index < -0.39 is 0 Å². The first-order valence-electron chi connectivity index (χ1n) is 11.3. The van der Waals surface area contributed by atoms with E-state index in [1.807, 2.05) is 12.3 Å². The molecule has 1 aromatic rings. The van der Waals surface area contributed by atoms with Crippen molar-refractivity contribution < 1.29 is 4.79 Å². The summed E-state index contributed by atoms with van der Waals surface area (Å²) in [6.45, 7) is 4.92. The fourth-order valence-electron chi connectivity index (χ4n) is 4.99. The lowest BCUT2D eigenvalue weighted by atomic mass is 9.96. The first-order valence-corrected chi connectivity index (χ1v) is 11.3. The highest BCUT2D eigenvalue weighted by Crippen LogP contribution is 2.25. The number of urea groups is 1. The number of rotatable bonds is 5. The molecule has 154 valence electrons. The second-order valence-electron chi connectivity index (χ2n) is 8.65. The van der Waals surface area contributed by atoms with Crippen molar-refractivity contribution >= 4 is 11.8 Å². The molecule has 2 N–H and O–H groups in total. The zero-order valence-electron chi connectivity index (χ0n) is 17.0. The molecule has 1 aromatic heterocycles. The van der Waals surface area contributed by atoms with Crippen LogP contribution in [0.3, 0.4) is 0 Å². The minimum atomic E-state index is -0.0459. The highest BCUT2D eigenvalue weighted by atomic mass is 16.2. The number of carbonyl (C=O) groups is 1. The van der Waals surface area contributed by atoms with Gasteiger partial charge in [-0.1, -0.05) is 32.1 Å². The fraction of sp³-hybridized carbons (Fsp3) is 0.727. The number of aromatic nitrogens is 1. The zero-order valence-corrected chi connectivity index (χ0v) is 17.0. The maximum absolute atomic E-state index is 12.2. The average molecular weight is 386 g/mol. The van der Waals surface area contributed by atoms with Crippen molar-refractivity contribution in [3.8, 4) is 0 Å². The van der Waals surface area contributed by atoms with Crippen LogP contribution in [0.1, 0.15) is 63.4 Å². The van der Waals surface area contributed by atoms with Crippen LogP contribution in [0, 0.1) is 0 Å². The van der Waals surface area contributed by atoms with Crippen molar-refractivity contribution in [3.63, 3.8) is 0 Å². The first-order chi connectivity index (χ1) is 13.8. The Balaban J connectivity index is 1.24. The molecule has 0 bridgehead atoms. The molecule has 6 heteroatoms. The third kappa shape index (κ3) is 5.16. The van der Waals surface area contributed by atoms with Crippen molar-refractivity contribution in [2.24, 2.45) is 0 Å². The number of carbonyl (C=O) groups excluding carboxylic acids is 1. The van der Waals surface area contributed by atoms with Gasteiger partial charge in [-0.2, -0.15) is 0 Å². The Morgan fingerprint density at radius 3 is 2.46 bits per heavy atom. The highest BCUT2D eigenvalue weighted by Gasteiger charge is 2.26. The van der Waals surface area contributed by atoms with E-state index in [-0.39, 0.29) is 6.03 Å². The minimum absolute atomic E-state index is 0.0459. The molecule has 2 amide bonds. The Kier molecular flexibility index (Phi) is 6.68. The molecule has 4 rings (SSSR count). The molecule has 28 heavy (non-hydrogen) atoms. The van der Waals surface area contributed by atoms with E-state index in [1.54, 1.807) is 0 Å². The third-order valence-corrected chi connectivity index (χ3v) is 6.68. The van der Waals surface area contributed by atoms with Crippen molar-refractivity contribution in [2.45, 2.75) is 76.4 Å². The maximum atomic E-state index is 12.2. The second kappa shape index (κ2) is 9.59. The molecule has 2 aliphatic carbocycles. The van der Waals surface area contributed by atoms with Gasteiger partial charge in [0, 0.05) is 51.0 Å². The van der Waals surface area contributed by atoms with Gasteiger partial charge in [-0.3, -0.25) is 4.90 Å². The summed E-state index contributed by atoms with van der Waals surface area (Å²) in [5.74, 6) is 1.04. The van der Waals surface area contributed by atoms with Crippen LogP contribution in [0.5, 0.6) is 0 Å². The molecule has 3 aliphatic rings. The fourth-order valence-corrected chi connectivity index (χ4v) is 4.99. The maximum Gasteiger partial charge on any atom is 0.315 e. The lowest BCUT2D eigenvalue weighted by molar-refractivity contribution is 0.187. The molecule has 6 nitrogen and oxygen atoms in total. The van der Waals surface area contributed by atoms with Crippen LogP contribution in [0.15, 0.2) is 18.3 Å². The Morgan fingerprint density at radius 2 is 1.71 bits per heavy atom. The van der Waals surface area contributed by atoms with Gasteiger partial charge in [-0.25, -0.2) is 9.78 Å². The summed E-state index contributed by atoms with van der Waals surface area (Å²) in [6, 6.07) is 5.24. The second-order valence-corrected chi connectivity index (χ2v) is 8.65.